The van der Waals surface area contributed by atoms with Crippen LogP contribution in [0.4, 0.5) is 0 Å². The van der Waals surface area contributed by atoms with Gasteiger partial charge < -0.3 is 24.4 Å². The number of epoxide rings is 1. The Morgan fingerprint density at radius 1 is 1.03 bits per heavy atom. The predicted octanol–water partition coefficient (Wildman–Crippen LogP) is 3.87. The molecule has 4 aliphatic carbocycles. The second kappa shape index (κ2) is 8.42. The Balaban J connectivity index is 1.51. The number of hydrogen-bond donors (Lipinski definition) is 2. The topological polar surface area (TPSA) is 123 Å². The third-order valence-corrected chi connectivity index (χ3v) is 11.1. The zero-order chi connectivity index (χ0) is 26.3. The SMILES string of the molecule is CC(=O)OC1CC[C@]2(C)[C@H]3CC[C@@]4(C)[C@@H](CC[C@]4(O)CCC(=O)O)[C@@H]3C(C(=O)OC(C)C)C3OC32C1. The molecule has 4 unspecified atom stereocenters. The third kappa shape index (κ3) is 3.57. The average molecular weight is 507 g/mol. The van der Waals surface area contributed by atoms with Crippen molar-refractivity contribution in [3.8, 4) is 0 Å². The van der Waals surface area contributed by atoms with Gasteiger partial charge in [-0.1, -0.05) is 13.8 Å². The van der Waals surface area contributed by atoms with Crippen LogP contribution in [0.5, 0.6) is 0 Å². The Morgan fingerprint density at radius 2 is 1.67 bits per heavy atom. The zero-order valence-electron chi connectivity index (χ0n) is 22.2. The van der Waals surface area contributed by atoms with E-state index in [0.717, 1.165) is 32.1 Å². The van der Waals surface area contributed by atoms with E-state index in [0.29, 0.717) is 12.8 Å². The molecule has 8 nitrogen and oxygen atoms in total. The van der Waals surface area contributed by atoms with Gasteiger partial charge in [-0.2, -0.15) is 0 Å². The van der Waals surface area contributed by atoms with E-state index in [1.165, 1.54) is 6.92 Å². The summed E-state index contributed by atoms with van der Waals surface area (Å²) in [7, 11) is 0. The van der Waals surface area contributed by atoms with Gasteiger partial charge in [0.05, 0.1) is 17.6 Å². The van der Waals surface area contributed by atoms with Gasteiger partial charge in [0, 0.05) is 25.2 Å². The van der Waals surface area contributed by atoms with Crippen LogP contribution in [-0.4, -0.2) is 57.6 Å². The molecular weight excluding hydrogens is 464 g/mol. The first-order valence-corrected chi connectivity index (χ1v) is 13.8. The summed E-state index contributed by atoms with van der Waals surface area (Å²) in [5.41, 5.74) is -2.17. The molecule has 10 atom stereocenters. The van der Waals surface area contributed by atoms with Gasteiger partial charge in [-0.3, -0.25) is 14.4 Å². The molecule has 1 spiro atoms. The molecule has 1 heterocycles. The number of carboxylic acids is 1. The van der Waals surface area contributed by atoms with Gasteiger partial charge in [0.1, 0.15) is 17.8 Å². The molecular formula is C28H42O8. The Morgan fingerprint density at radius 3 is 2.31 bits per heavy atom. The number of carboxylic acid groups (broad SMARTS) is 1. The first-order chi connectivity index (χ1) is 16.8. The second-order valence-corrected chi connectivity index (χ2v) is 13.0. The number of fused-ring (bicyclic) bond motifs is 4. The molecule has 1 saturated heterocycles. The Hall–Kier alpha value is -1.67. The zero-order valence-corrected chi connectivity index (χ0v) is 22.2. The van der Waals surface area contributed by atoms with E-state index >= 15 is 0 Å². The third-order valence-electron chi connectivity index (χ3n) is 11.1. The quantitative estimate of drug-likeness (QED) is 0.411. The Bertz CT molecular complexity index is 948. The molecule has 8 heteroatoms. The standard InChI is InChI=1S/C28H42O8/c1-15(2)34-24(32)22-21-18-8-12-27(33,13-9-20(30)31)25(18,4)11-7-19(21)26(5)10-6-17(35-16(3)29)14-28(26)23(22)36-28/h15,17-19,21-23,33H,6-14H2,1-5H3,(H,30,31)/t17?,18-,19-,21-,22?,23?,25-,26+,27-,28?/m0/s1. The highest BCUT2D eigenvalue weighted by Gasteiger charge is 2.81. The van der Waals surface area contributed by atoms with E-state index in [-0.39, 0.29) is 66.3 Å². The first-order valence-electron chi connectivity index (χ1n) is 13.8. The number of carbonyl (C=O) groups excluding carboxylic acids is 2. The van der Waals surface area contributed by atoms with Crippen molar-refractivity contribution in [2.24, 2.45) is 34.5 Å². The lowest BCUT2D eigenvalue weighted by Crippen LogP contribution is -2.64. The fourth-order valence-corrected chi connectivity index (χ4v) is 9.43. The van der Waals surface area contributed by atoms with Gasteiger partial charge in [0.25, 0.3) is 0 Å². The fourth-order valence-electron chi connectivity index (χ4n) is 9.43. The molecule has 0 aromatic carbocycles. The molecule has 5 rings (SSSR count). The van der Waals surface area contributed by atoms with Crippen molar-refractivity contribution in [2.45, 2.75) is 122 Å². The number of carbonyl (C=O) groups is 3. The van der Waals surface area contributed by atoms with Crippen LogP contribution in [0.15, 0.2) is 0 Å². The summed E-state index contributed by atoms with van der Waals surface area (Å²) >= 11 is 0. The molecule has 0 aromatic heterocycles. The molecule has 2 N–H and O–H groups in total. The summed E-state index contributed by atoms with van der Waals surface area (Å²) in [6.07, 6.45) is 4.65. The minimum atomic E-state index is -1.06. The Labute approximate surface area is 213 Å². The van der Waals surface area contributed by atoms with Crippen molar-refractivity contribution in [1.29, 1.82) is 0 Å². The van der Waals surface area contributed by atoms with Crippen LogP contribution in [0.1, 0.15) is 92.4 Å². The van der Waals surface area contributed by atoms with Crippen LogP contribution in [0, 0.1) is 34.5 Å². The molecule has 5 aliphatic rings. The smallest absolute Gasteiger partial charge is 0.312 e. The lowest BCUT2D eigenvalue weighted by Gasteiger charge is -2.61. The summed E-state index contributed by atoms with van der Waals surface area (Å²) < 4.78 is 18.0. The largest absolute Gasteiger partial charge is 0.481 e. The van der Waals surface area contributed by atoms with E-state index in [1.54, 1.807) is 0 Å². The van der Waals surface area contributed by atoms with Crippen molar-refractivity contribution < 1.29 is 38.8 Å². The monoisotopic (exact) mass is 506 g/mol. The highest BCUT2D eigenvalue weighted by molar-refractivity contribution is 5.75. The van der Waals surface area contributed by atoms with E-state index in [4.69, 9.17) is 14.2 Å². The lowest BCUT2D eigenvalue weighted by atomic mass is 9.42. The van der Waals surface area contributed by atoms with Crippen molar-refractivity contribution in [3.63, 3.8) is 0 Å². The van der Waals surface area contributed by atoms with Crippen LogP contribution in [0.2, 0.25) is 0 Å². The first kappa shape index (κ1) is 26.0. The second-order valence-electron chi connectivity index (χ2n) is 13.0. The maximum Gasteiger partial charge on any atom is 0.312 e. The van der Waals surface area contributed by atoms with Crippen LogP contribution in [-0.2, 0) is 28.6 Å². The van der Waals surface area contributed by atoms with E-state index in [9.17, 15) is 24.6 Å². The number of esters is 2. The van der Waals surface area contributed by atoms with Crippen LogP contribution in [0.25, 0.3) is 0 Å². The summed E-state index contributed by atoms with van der Waals surface area (Å²) in [6, 6.07) is 0. The van der Waals surface area contributed by atoms with Gasteiger partial charge in [0.2, 0.25) is 0 Å². The van der Waals surface area contributed by atoms with E-state index < -0.39 is 28.5 Å². The van der Waals surface area contributed by atoms with Gasteiger partial charge in [-0.05, 0) is 82.0 Å². The maximum absolute atomic E-state index is 13.7. The fraction of sp³-hybridized carbons (Fsp3) is 0.893. The van der Waals surface area contributed by atoms with Gasteiger partial charge in [-0.25, -0.2) is 0 Å². The summed E-state index contributed by atoms with van der Waals surface area (Å²) in [5.74, 6) is -1.54. The highest BCUT2D eigenvalue weighted by Crippen LogP contribution is 2.76. The number of aliphatic carboxylic acids is 1. The van der Waals surface area contributed by atoms with Crippen molar-refractivity contribution in [3.05, 3.63) is 0 Å². The number of rotatable bonds is 6. The molecule has 0 amide bonds. The summed E-state index contributed by atoms with van der Waals surface area (Å²) in [6.45, 7) is 9.56. The van der Waals surface area contributed by atoms with Crippen LogP contribution >= 0.6 is 0 Å². The minimum absolute atomic E-state index is 0.00440. The van der Waals surface area contributed by atoms with E-state index in [1.807, 2.05) is 13.8 Å². The van der Waals surface area contributed by atoms with E-state index in [2.05, 4.69) is 13.8 Å². The van der Waals surface area contributed by atoms with Gasteiger partial charge in [0.15, 0.2) is 0 Å². The lowest BCUT2D eigenvalue weighted by molar-refractivity contribution is -0.186. The summed E-state index contributed by atoms with van der Waals surface area (Å²) in [5, 5.41) is 21.1. The Kier molecular flexibility index (Phi) is 6.07. The predicted molar refractivity (Wildman–Crippen MR) is 129 cm³/mol. The number of hydrogen-bond acceptors (Lipinski definition) is 7. The average Bonchev–Trinajstić information content (AvgIpc) is 3.41. The van der Waals surface area contributed by atoms with Crippen molar-refractivity contribution in [2.75, 3.05) is 0 Å². The van der Waals surface area contributed by atoms with Gasteiger partial charge in [-0.15, -0.1) is 0 Å². The number of aliphatic hydroxyl groups is 1. The summed E-state index contributed by atoms with van der Waals surface area (Å²) in [4.78, 5) is 36.7. The van der Waals surface area contributed by atoms with Crippen molar-refractivity contribution in [1.82, 2.24) is 0 Å². The normalized spacial score (nSPS) is 48.8. The molecule has 0 aromatic rings. The minimum Gasteiger partial charge on any atom is -0.481 e. The molecule has 202 valence electrons. The van der Waals surface area contributed by atoms with Crippen molar-refractivity contribution >= 4 is 17.9 Å². The van der Waals surface area contributed by atoms with Crippen LogP contribution in [0.3, 0.4) is 0 Å². The molecule has 4 saturated carbocycles. The molecule has 5 fully saturated rings. The van der Waals surface area contributed by atoms with Crippen LogP contribution < -0.4 is 0 Å². The highest BCUT2D eigenvalue weighted by atomic mass is 16.6. The number of ether oxygens (including phenoxy) is 3. The van der Waals surface area contributed by atoms with Gasteiger partial charge >= 0.3 is 17.9 Å². The molecule has 0 radical (unpaired) electrons. The maximum atomic E-state index is 13.7. The molecule has 0 bridgehead atoms. The molecule has 36 heavy (non-hydrogen) atoms. The molecule has 1 aliphatic heterocycles.